The van der Waals surface area contributed by atoms with Gasteiger partial charge in [-0.15, -0.1) is 4.72 Å². The molecule has 0 amide bonds. The molecule has 0 spiro atoms. The Balaban J connectivity index is 1.44. The second kappa shape index (κ2) is 14.0. The molecule has 0 fully saturated rings. The molecule has 1 N–H and O–H groups in total. The third kappa shape index (κ3) is 8.45. The Labute approximate surface area is 305 Å². The minimum atomic E-state index is -1.95. The molecule has 3 atom stereocenters. The van der Waals surface area contributed by atoms with Gasteiger partial charge in [0.25, 0.3) is 0 Å². The van der Waals surface area contributed by atoms with Gasteiger partial charge in [-0.3, -0.25) is 4.98 Å². The van der Waals surface area contributed by atoms with Crippen molar-refractivity contribution in [1.29, 1.82) is 0 Å². The third-order valence-electron chi connectivity index (χ3n) is 10.6. The molecule has 2 unspecified atom stereocenters. The first-order chi connectivity index (χ1) is 23.1. The van der Waals surface area contributed by atoms with Crippen molar-refractivity contribution in [3.8, 4) is 17.1 Å². The Morgan fingerprint density at radius 2 is 1.56 bits per heavy atom. The molecular weight excluding hydrogens is 675 g/mol. The fourth-order valence-corrected chi connectivity index (χ4v) is 8.08. The van der Waals surface area contributed by atoms with Crippen LogP contribution >= 0.6 is 0 Å². The summed E-state index contributed by atoms with van der Waals surface area (Å²) >= 11 is -1.28. The second-order valence-corrected chi connectivity index (χ2v) is 29.2. The van der Waals surface area contributed by atoms with Crippen LogP contribution in [0.1, 0.15) is 86.2 Å². The van der Waals surface area contributed by atoms with Gasteiger partial charge in [0.1, 0.15) is 10.8 Å². The van der Waals surface area contributed by atoms with Crippen LogP contribution < -0.4 is 4.72 Å². The fourth-order valence-electron chi connectivity index (χ4n) is 5.15. The van der Waals surface area contributed by atoms with E-state index in [-0.39, 0.29) is 22.0 Å². The molecule has 11 heteroatoms. The molecule has 0 saturated carbocycles. The lowest BCUT2D eigenvalue weighted by Gasteiger charge is -2.42. The van der Waals surface area contributed by atoms with E-state index < -0.39 is 32.7 Å². The number of hydrogen-bond donors (Lipinski definition) is 1. The maximum Gasteiger partial charge on any atom is 0.250 e. The number of aromatic nitrogens is 4. The largest absolute Gasteiger partial charge is 0.598 e. The number of nitrogens with one attached hydrogen (secondary N) is 1. The van der Waals surface area contributed by atoms with E-state index in [9.17, 15) is 4.55 Å². The van der Waals surface area contributed by atoms with E-state index in [1.54, 1.807) is 0 Å². The topological polar surface area (TPSA) is 97.2 Å². The molecule has 1 aliphatic carbocycles. The van der Waals surface area contributed by atoms with E-state index >= 15 is 0 Å². The number of nitrogens with zero attached hydrogens (tertiary/aromatic N) is 4. The van der Waals surface area contributed by atoms with Crippen molar-refractivity contribution in [3.63, 3.8) is 0 Å². The highest BCUT2D eigenvalue weighted by Crippen LogP contribution is 2.44. The first-order valence-corrected chi connectivity index (χ1v) is 24.7. The van der Waals surface area contributed by atoms with Crippen molar-refractivity contribution in [2.45, 2.75) is 122 Å². The Hall–Kier alpha value is -2.81. The van der Waals surface area contributed by atoms with Crippen LogP contribution in [-0.2, 0) is 26.8 Å². The van der Waals surface area contributed by atoms with E-state index in [0.29, 0.717) is 6.61 Å². The normalized spacial score (nSPS) is 17.3. The Morgan fingerprint density at radius 1 is 0.900 bits per heavy atom. The van der Waals surface area contributed by atoms with E-state index in [1.165, 1.54) is 0 Å². The van der Waals surface area contributed by atoms with Gasteiger partial charge in [0.05, 0.1) is 41.2 Å². The number of pyridine rings is 2. The average Bonchev–Trinajstić information content (AvgIpc) is 3.43. The molecular formula is C39H57N5O3SSi2. The standard InChI is InChI=1S/C39H57N5O3SSi2/c1-37(2,3)48(45)43-36(29-22-31(23-29)47-50(12,13)39(7,8)9)33-18-15-17-32(42-33)27-20-21-28-25-40-44(34(28)24-27)35-19-14-16-30(41-35)26-46-49(10,11)38(4,5)6/h14-22,24-25,29,36,43H,23,26H2,1-13H3/t29?,36-,48?/m0/s1. The predicted molar refractivity (Wildman–Crippen MR) is 212 cm³/mol. The molecule has 0 aliphatic heterocycles. The van der Waals surface area contributed by atoms with Gasteiger partial charge in [-0.1, -0.05) is 65.8 Å². The monoisotopic (exact) mass is 731 g/mol. The zero-order valence-corrected chi connectivity index (χ0v) is 35.2. The molecule has 50 heavy (non-hydrogen) atoms. The average molecular weight is 732 g/mol. The summed E-state index contributed by atoms with van der Waals surface area (Å²) in [6.07, 6.45) is 4.86. The fraction of sp³-hybridized carbons (Fsp3) is 0.513. The molecule has 8 nitrogen and oxygen atoms in total. The van der Waals surface area contributed by atoms with Crippen LogP contribution in [0.2, 0.25) is 36.3 Å². The predicted octanol–water partition coefficient (Wildman–Crippen LogP) is 10.0. The van der Waals surface area contributed by atoms with E-state index in [0.717, 1.165) is 51.5 Å². The van der Waals surface area contributed by atoms with Crippen LogP contribution in [0.5, 0.6) is 0 Å². The summed E-state index contributed by atoms with van der Waals surface area (Å²) in [5.74, 6) is 1.90. The lowest BCUT2D eigenvalue weighted by molar-refractivity contribution is 0.272. The minimum absolute atomic E-state index is 0.117. The van der Waals surface area contributed by atoms with Crippen molar-refractivity contribution < 1.29 is 13.4 Å². The van der Waals surface area contributed by atoms with E-state index in [2.05, 4.69) is 96.7 Å². The molecule has 1 aromatic carbocycles. The molecule has 4 aromatic rings. The van der Waals surface area contributed by atoms with Crippen molar-refractivity contribution in [2.24, 2.45) is 5.92 Å². The highest BCUT2D eigenvalue weighted by atomic mass is 32.2. The van der Waals surface area contributed by atoms with E-state index in [4.69, 9.17) is 23.9 Å². The highest BCUT2D eigenvalue weighted by Gasteiger charge is 2.43. The third-order valence-corrected chi connectivity index (χ3v) is 21.0. The zero-order valence-electron chi connectivity index (χ0n) is 32.3. The molecule has 0 radical (unpaired) electrons. The van der Waals surface area contributed by atoms with Gasteiger partial charge < -0.3 is 13.4 Å². The van der Waals surface area contributed by atoms with Crippen LogP contribution in [0.25, 0.3) is 28.0 Å². The first kappa shape index (κ1) is 38.4. The summed E-state index contributed by atoms with van der Waals surface area (Å²) in [4.78, 5) is 10.1. The summed E-state index contributed by atoms with van der Waals surface area (Å²) < 4.78 is 31.4. The zero-order chi connectivity index (χ0) is 36.9. The molecule has 0 saturated heterocycles. The Morgan fingerprint density at radius 3 is 2.20 bits per heavy atom. The van der Waals surface area contributed by atoms with Gasteiger partial charge in [-0.05, 0) is 93.4 Å². The van der Waals surface area contributed by atoms with Gasteiger partial charge in [0.15, 0.2) is 14.1 Å². The summed E-state index contributed by atoms with van der Waals surface area (Å²) in [6, 6.07) is 18.2. The quantitative estimate of drug-likeness (QED) is 0.121. The molecule has 270 valence electrons. The number of fused-ring (bicyclic) bond motifs is 1. The van der Waals surface area contributed by atoms with Crippen LogP contribution in [0, 0.1) is 5.92 Å². The lowest BCUT2D eigenvalue weighted by Crippen LogP contribution is -2.45. The van der Waals surface area contributed by atoms with Crippen molar-refractivity contribution in [3.05, 3.63) is 84.0 Å². The highest BCUT2D eigenvalue weighted by molar-refractivity contribution is 7.90. The maximum atomic E-state index is 13.4. The Kier molecular flexibility index (Phi) is 10.7. The van der Waals surface area contributed by atoms with E-state index in [1.807, 2.05) is 68.0 Å². The van der Waals surface area contributed by atoms with Crippen molar-refractivity contribution >= 4 is 38.9 Å². The SMILES string of the molecule is CC(C)(C)[S+]([O-])N[C@H](c1cccc(-c2ccc3cnn(-c4cccc(CO[Si](C)(C)C(C)(C)C)n4)c3c2)n1)C1C=C(O[Si](C)(C)C(C)(C)C)C1. The van der Waals surface area contributed by atoms with Crippen molar-refractivity contribution in [2.75, 3.05) is 0 Å². The smallest absolute Gasteiger partial charge is 0.250 e. The van der Waals surface area contributed by atoms with Gasteiger partial charge in [-0.25, -0.2) is 9.67 Å². The first-order valence-electron chi connectivity index (χ1n) is 17.7. The molecule has 0 bridgehead atoms. The maximum absolute atomic E-state index is 13.4. The summed E-state index contributed by atoms with van der Waals surface area (Å²) in [7, 11) is -3.86. The van der Waals surface area contributed by atoms with Gasteiger partial charge >= 0.3 is 0 Å². The van der Waals surface area contributed by atoms with Crippen LogP contribution in [0.3, 0.4) is 0 Å². The summed E-state index contributed by atoms with van der Waals surface area (Å²) in [5.41, 5.74) is 4.51. The molecule has 5 rings (SSSR count). The lowest BCUT2D eigenvalue weighted by atomic mass is 9.84. The number of hydrogen-bond acceptors (Lipinski definition) is 7. The van der Waals surface area contributed by atoms with Crippen molar-refractivity contribution in [1.82, 2.24) is 24.5 Å². The summed E-state index contributed by atoms with van der Waals surface area (Å²) in [5, 5.41) is 5.99. The minimum Gasteiger partial charge on any atom is -0.598 e. The molecule has 3 heterocycles. The van der Waals surface area contributed by atoms with Gasteiger partial charge in [-0.2, -0.15) is 5.10 Å². The number of allylic oxidation sites excluding steroid dienone is 1. The number of benzene rings is 1. The van der Waals surface area contributed by atoms with Crippen LogP contribution in [-0.4, -0.2) is 45.7 Å². The second-order valence-electron chi connectivity index (χ2n) is 17.7. The van der Waals surface area contributed by atoms with Crippen LogP contribution in [0.4, 0.5) is 0 Å². The number of rotatable bonds is 11. The summed E-state index contributed by atoms with van der Waals surface area (Å²) in [6.45, 7) is 29.0. The molecule has 1 aliphatic rings. The van der Waals surface area contributed by atoms with Gasteiger partial charge in [0, 0.05) is 34.7 Å². The van der Waals surface area contributed by atoms with Crippen LogP contribution in [0.15, 0.2) is 72.6 Å². The van der Waals surface area contributed by atoms with Gasteiger partial charge in [0.2, 0.25) is 8.32 Å². The molecule has 3 aromatic heterocycles. The Bertz CT molecular complexity index is 1850.